The van der Waals surface area contributed by atoms with Crippen LogP contribution in [0.5, 0.6) is 0 Å². The summed E-state index contributed by atoms with van der Waals surface area (Å²) >= 11 is 5.81. The summed E-state index contributed by atoms with van der Waals surface area (Å²) < 4.78 is 18.3. The minimum Gasteiger partial charge on any atom is -0.479 e. The normalized spacial score (nSPS) is 13.6. The van der Waals surface area contributed by atoms with Gasteiger partial charge in [-0.25, -0.2) is 9.18 Å². The number of methoxy groups -OCH3 is 1. The quantitative estimate of drug-likeness (QED) is 0.837. The SMILES string of the molecule is COCC(C)(NC(=O)Cc1c(F)cccc1Cl)C(=O)O. The lowest BCUT2D eigenvalue weighted by atomic mass is 10.0. The molecule has 1 aromatic carbocycles. The number of hydrogen-bond donors (Lipinski definition) is 2. The molecule has 0 aromatic heterocycles. The summed E-state index contributed by atoms with van der Waals surface area (Å²) in [5.74, 6) is -2.51. The Hall–Kier alpha value is -1.66. The number of ether oxygens (including phenoxy) is 1. The van der Waals surface area contributed by atoms with Gasteiger partial charge in [0, 0.05) is 17.7 Å². The molecule has 110 valence electrons. The summed E-state index contributed by atoms with van der Waals surface area (Å²) in [4.78, 5) is 23.0. The Morgan fingerprint density at radius 2 is 2.15 bits per heavy atom. The second-order valence-electron chi connectivity index (χ2n) is 4.50. The van der Waals surface area contributed by atoms with E-state index in [1.165, 1.54) is 32.2 Å². The van der Waals surface area contributed by atoms with Gasteiger partial charge in [-0.05, 0) is 19.1 Å². The molecule has 1 atom stereocenters. The van der Waals surface area contributed by atoms with Gasteiger partial charge in [-0.15, -0.1) is 0 Å². The van der Waals surface area contributed by atoms with Gasteiger partial charge < -0.3 is 15.2 Å². The topological polar surface area (TPSA) is 75.6 Å². The van der Waals surface area contributed by atoms with Gasteiger partial charge in [0.15, 0.2) is 5.54 Å². The maximum Gasteiger partial charge on any atom is 0.331 e. The van der Waals surface area contributed by atoms with Crippen molar-refractivity contribution in [2.75, 3.05) is 13.7 Å². The molecular weight excluding hydrogens is 289 g/mol. The Kier molecular flexibility index (Phi) is 5.47. The van der Waals surface area contributed by atoms with E-state index in [9.17, 15) is 14.0 Å². The van der Waals surface area contributed by atoms with E-state index >= 15 is 0 Å². The van der Waals surface area contributed by atoms with Crippen LogP contribution >= 0.6 is 11.6 Å². The fraction of sp³-hybridized carbons (Fsp3) is 0.385. The fourth-order valence-corrected chi connectivity index (χ4v) is 1.88. The molecule has 1 rings (SSSR count). The van der Waals surface area contributed by atoms with Crippen molar-refractivity contribution in [3.05, 3.63) is 34.6 Å². The number of carboxylic acid groups (broad SMARTS) is 1. The summed E-state index contributed by atoms with van der Waals surface area (Å²) in [5.41, 5.74) is -1.55. The third-order valence-corrected chi connectivity index (χ3v) is 3.07. The highest BCUT2D eigenvalue weighted by Gasteiger charge is 2.35. The largest absolute Gasteiger partial charge is 0.479 e. The molecule has 1 amide bonds. The zero-order chi connectivity index (χ0) is 15.3. The van der Waals surface area contributed by atoms with E-state index in [4.69, 9.17) is 21.4 Å². The van der Waals surface area contributed by atoms with Crippen LogP contribution in [0.1, 0.15) is 12.5 Å². The van der Waals surface area contributed by atoms with Gasteiger partial charge in [-0.3, -0.25) is 4.79 Å². The molecule has 0 aliphatic rings. The van der Waals surface area contributed by atoms with Crippen LogP contribution < -0.4 is 5.32 Å². The van der Waals surface area contributed by atoms with E-state index in [1.54, 1.807) is 0 Å². The molecule has 0 spiro atoms. The van der Waals surface area contributed by atoms with Crippen LogP contribution in [0.2, 0.25) is 5.02 Å². The zero-order valence-corrected chi connectivity index (χ0v) is 11.8. The van der Waals surface area contributed by atoms with Crippen molar-refractivity contribution in [2.45, 2.75) is 18.9 Å². The first-order valence-corrected chi connectivity index (χ1v) is 6.14. The van der Waals surface area contributed by atoms with Crippen LogP contribution in [0, 0.1) is 5.82 Å². The Morgan fingerprint density at radius 1 is 1.50 bits per heavy atom. The molecule has 1 unspecified atom stereocenters. The van der Waals surface area contributed by atoms with Gasteiger partial charge in [0.25, 0.3) is 0 Å². The second kappa shape index (κ2) is 6.67. The smallest absolute Gasteiger partial charge is 0.331 e. The number of carboxylic acids is 1. The van der Waals surface area contributed by atoms with Crippen molar-refractivity contribution in [1.82, 2.24) is 5.32 Å². The molecule has 5 nitrogen and oxygen atoms in total. The monoisotopic (exact) mass is 303 g/mol. The minimum absolute atomic E-state index is 0.0248. The molecule has 0 aliphatic heterocycles. The van der Waals surface area contributed by atoms with E-state index in [0.717, 1.165) is 0 Å². The summed E-state index contributed by atoms with van der Waals surface area (Å²) in [5, 5.41) is 11.5. The number of rotatable bonds is 6. The maximum absolute atomic E-state index is 13.5. The zero-order valence-electron chi connectivity index (χ0n) is 11.1. The van der Waals surface area contributed by atoms with Crippen molar-refractivity contribution in [2.24, 2.45) is 0 Å². The summed E-state index contributed by atoms with van der Waals surface area (Å²) in [6.07, 6.45) is -0.349. The molecule has 0 radical (unpaired) electrons. The molecule has 2 N–H and O–H groups in total. The lowest BCUT2D eigenvalue weighted by molar-refractivity contribution is -0.149. The van der Waals surface area contributed by atoms with Crippen molar-refractivity contribution in [3.8, 4) is 0 Å². The summed E-state index contributed by atoms with van der Waals surface area (Å²) in [6.45, 7) is 1.10. The molecule has 0 saturated carbocycles. The molecular formula is C13H15ClFNO4. The van der Waals surface area contributed by atoms with Crippen LogP contribution in [-0.2, 0) is 20.7 Å². The van der Waals surface area contributed by atoms with Crippen molar-refractivity contribution < 1.29 is 23.8 Å². The number of carbonyl (C=O) groups is 2. The molecule has 0 saturated heterocycles. The Bertz CT molecular complexity index is 503. The number of benzene rings is 1. The van der Waals surface area contributed by atoms with E-state index in [-0.39, 0.29) is 23.6 Å². The maximum atomic E-state index is 13.5. The number of nitrogens with one attached hydrogen (secondary N) is 1. The van der Waals surface area contributed by atoms with Crippen LogP contribution in [0.25, 0.3) is 0 Å². The van der Waals surface area contributed by atoms with E-state index < -0.39 is 23.2 Å². The molecule has 0 heterocycles. The minimum atomic E-state index is -1.58. The molecule has 1 aromatic rings. The highest BCUT2D eigenvalue weighted by Crippen LogP contribution is 2.19. The number of carbonyl (C=O) groups excluding carboxylic acids is 1. The molecule has 7 heteroatoms. The van der Waals surface area contributed by atoms with Crippen molar-refractivity contribution >= 4 is 23.5 Å². The predicted octanol–water partition coefficient (Wildman–Crippen LogP) is 1.63. The standard InChI is InChI=1S/C13H15ClFNO4/c1-13(7-20-2,12(18)19)16-11(17)6-8-9(14)4-3-5-10(8)15/h3-5H,6-7H2,1-2H3,(H,16,17)(H,18,19). The number of hydrogen-bond acceptors (Lipinski definition) is 3. The Labute approximate surface area is 120 Å². The van der Waals surface area contributed by atoms with Gasteiger partial charge in [0.2, 0.25) is 5.91 Å². The Morgan fingerprint density at radius 3 is 2.65 bits per heavy atom. The van der Waals surface area contributed by atoms with Crippen LogP contribution in [0.3, 0.4) is 0 Å². The van der Waals surface area contributed by atoms with Crippen LogP contribution in [0.4, 0.5) is 4.39 Å². The lowest BCUT2D eigenvalue weighted by Crippen LogP contribution is -2.55. The van der Waals surface area contributed by atoms with E-state index in [2.05, 4.69) is 5.32 Å². The van der Waals surface area contributed by atoms with Gasteiger partial charge in [-0.2, -0.15) is 0 Å². The summed E-state index contributed by atoms with van der Waals surface area (Å²) in [7, 11) is 1.32. The number of halogens is 2. The Balaban J connectivity index is 2.84. The first-order valence-electron chi connectivity index (χ1n) is 5.76. The first kappa shape index (κ1) is 16.4. The third-order valence-electron chi connectivity index (χ3n) is 2.72. The highest BCUT2D eigenvalue weighted by molar-refractivity contribution is 6.31. The lowest BCUT2D eigenvalue weighted by Gasteiger charge is -2.25. The predicted molar refractivity (Wildman–Crippen MR) is 71.2 cm³/mol. The van der Waals surface area contributed by atoms with E-state index in [0.29, 0.717) is 0 Å². The average molecular weight is 304 g/mol. The molecule has 0 aliphatic carbocycles. The fourth-order valence-electron chi connectivity index (χ4n) is 1.65. The average Bonchev–Trinajstić information content (AvgIpc) is 2.34. The molecule has 0 bridgehead atoms. The third kappa shape index (κ3) is 3.91. The summed E-state index contributed by atoms with van der Waals surface area (Å²) in [6, 6.07) is 4.06. The number of aliphatic carboxylic acids is 1. The highest BCUT2D eigenvalue weighted by atomic mass is 35.5. The van der Waals surface area contributed by atoms with Crippen molar-refractivity contribution in [1.29, 1.82) is 0 Å². The van der Waals surface area contributed by atoms with E-state index in [1.807, 2.05) is 0 Å². The van der Waals surface area contributed by atoms with Crippen LogP contribution in [-0.4, -0.2) is 36.2 Å². The van der Waals surface area contributed by atoms with Gasteiger partial charge >= 0.3 is 5.97 Å². The van der Waals surface area contributed by atoms with Gasteiger partial charge in [0.1, 0.15) is 5.82 Å². The number of amides is 1. The second-order valence-corrected chi connectivity index (χ2v) is 4.90. The van der Waals surface area contributed by atoms with Crippen LogP contribution in [0.15, 0.2) is 18.2 Å². The van der Waals surface area contributed by atoms with Gasteiger partial charge in [-0.1, -0.05) is 17.7 Å². The van der Waals surface area contributed by atoms with Crippen molar-refractivity contribution in [3.63, 3.8) is 0 Å². The molecule has 20 heavy (non-hydrogen) atoms. The van der Waals surface area contributed by atoms with Gasteiger partial charge in [0.05, 0.1) is 13.0 Å². The first-order chi connectivity index (χ1) is 9.30. The molecule has 0 fully saturated rings.